The molecule has 0 saturated heterocycles. The second kappa shape index (κ2) is 6.44. The Kier molecular flexibility index (Phi) is 5.08. The Bertz CT molecular complexity index is 337. The monoisotopic (exact) mass is 282 g/mol. The Morgan fingerprint density at radius 2 is 2.00 bits per heavy atom. The third-order valence-corrected chi connectivity index (χ3v) is 4.40. The summed E-state index contributed by atoms with van der Waals surface area (Å²) in [5.41, 5.74) is -0.499. The summed E-state index contributed by atoms with van der Waals surface area (Å²) in [6.45, 7) is 8.32. The molecule has 2 rings (SSSR count). The summed E-state index contributed by atoms with van der Waals surface area (Å²) in [7, 11) is 1.52. The standard InChI is InChI=1S/C16H30N2O2/c1-5-10-18(14-8-9-14)11-16(13-6-7-13,15(19)20-4)17-12(2)3/h12-14,17H,5-11H2,1-4H3. The van der Waals surface area contributed by atoms with Gasteiger partial charge in [-0.25, -0.2) is 4.79 Å². The Morgan fingerprint density at radius 1 is 1.35 bits per heavy atom. The van der Waals surface area contributed by atoms with E-state index in [1.807, 2.05) is 0 Å². The highest BCUT2D eigenvalue weighted by Crippen LogP contribution is 2.42. The molecule has 2 saturated carbocycles. The fourth-order valence-electron chi connectivity index (χ4n) is 3.29. The van der Waals surface area contributed by atoms with Crippen LogP contribution in [0.1, 0.15) is 52.9 Å². The van der Waals surface area contributed by atoms with Crippen molar-refractivity contribution in [2.75, 3.05) is 20.2 Å². The zero-order chi connectivity index (χ0) is 14.8. The first kappa shape index (κ1) is 15.8. The topological polar surface area (TPSA) is 41.6 Å². The highest BCUT2D eigenvalue weighted by molar-refractivity contribution is 5.82. The van der Waals surface area contributed by atoms with Gasteiger partial charge in [-0.05, 0) is 58.4 Å². The van der Waals surface area contributed by atoms with E-state index >= 15 is 0 Å². The number of methoxy groups -OCH3 is 1. The van der Waals surface area contributed by atoms with E-state index in [9.17, 15) is 4.79 Å². The van der Waals surface area contributed by atoms with E-state index in [-0.39, 0.29) is 12.0 Å². The molecule has 0 amide bonds. The maximum absolute atomic E-state index is 12.5. The summed E-state index contributed by atoms with van der Waals surface area (Å²) in [4.78, 5) is 15.0. The predicted molar refractivity (Wildman–Crippen MR) is 80.6 cm³/mol. The maximum Gasteiger partial charge on any atom is 0.327 e. The largest absolute Gasteiger partial charge is 0.468 e. The number of esters is 1. The van der Waals surface area contributed by atoms with Crippen LogP contribution >= 0.6 is 0 Å². The minimum Gasteiger partial charge on any atom is -0.468 e. The molecule has 1 N–H and O–H groups in total. The number of hydrogen-bond acceptors (Lipinski definition) is 4. The summed E-state index contributed by atoms with van der Waals surface area (Å²) in [6.07, 6.45) is 5.98. The van der Waals surface area contributed by atoms with Crippen molar-refractivity contribution in [3.05, 3.63) is 0 Å². The molecule has 4 heteroatoms. The van der Waals surface area contributed by atoms with Gasteiger partial charge in [0.2, 0.25) is 0 Å². The Balaban J connectivity index is 2.16. The van der Waals surface area contributed by atoms with Crippen LogP contribution in [0.5, 0.6) is 0 Å². The Morgan fingerprint density at radius 3 is 2.40 bits per heavy atom. The summed E-state index contributed by atoms with van der Waals surface area (Å²) in [6, 6.07) is 0.976. The molecule has 0 spiro atoms. The number of hydrogen-bond donors (Lipinski definition) is 1. The average Bonchev–Trinajstić information content (AvgIpc) is 3.28. The van der Waals surface area contributed by atoms with Crippen LogP contribution in [0.2, 0.25) is 0 Å². The van der Waals surface area contributed by atoms with Gasteiger partial charge in [-0.15, -0.1) is 0 Å². The van der Waals surface area contributed by atoms with Crippen LogP contribution in [-0.4, -0.2) is 48.7 Å². The molecule has 2 aliphatic carbocycles. The van der Waals surface area contributed by atoms with Crippen LogP contribution < -0.4 is 5.32 Å². The van der Waals surface area contributed by atoms with Crippen LogP contribution in [0, 0.1) is 5.92 Å². The van der Waals surface area contributed by atoms with Gasteiger partial charge in [-0.1, -0.05) is 6.92 Å². The molecule has 2 aliphatic rings. The first-order valence-electron chi connectivity index (χ1n) is 8.13. The van der Waals surface area contributed by atoms with Crippen molar-refractivity contribution in [2.24, 2.45) is 5.92 Å². The minimum absolute atomic E-state index is 0.0737. The Hall–Kier alpha value is -0.610. The summed E-state index contributed by atoms with van der Waals surface area (Å²) >= 11 is 0. The lowest BCUT2D eigenvalue weighted by Gasteiger charge is -2.38. The van der Waals surface area contributed by atoms with Crippen LogP contribution in [0.25, 0.3) is 0 Å². The summed E-state index contributed by atoms with van der Waals surface area (Å²) in [5, 5.41) is 3.56. The van der Waals surface area contributed by atoms with Crippen LogP contribution in [0.3, 0.4) is 0 Å². The molecule has 0 heterocycles. The number of rotatable bonds is 9. The molecule has 0 bridgehead atoms. The fourth-order valence-corrected chi connectivity index (χ4v) is 3.29. The second-order valence-electron chi connectivity index (χ2n) is 6.74. The first-order chi connectivity index (χ1) is 9.53. The zero-order valence-corrected chi connectivity index (χ0v) is 13.4. The molecule has 0 aliphatic heterocycles. The van der Waals surface area contributed by atoms with Gasteiger partial charge in [0.05, 0.1) is 7.11 Å². The average molecular weight is 282 g/mol. The van der Waals surface area contributed by atoms with Gasteiger partial charge >= 0.3 is 5.97 Å². The smallest absolute Gasteiger partial charge is 0.327 e. The quantitative estimate of drug-likeness (QED) is 0.658. The molecule has 1 atom stereocenters. The lowest BCUT2D eigenvalue weighted by molar-refractivity contribution is -0.151. The van der Waals surface area contributed by atoms with E-state index < -0.39 is 5.54 Å². The summed E-state index contributed by atoms with van der Waals surface area (Å²) in [5.74, 6) is 0.367. The van der Waals surface area contributed by atoms with Crippen molar-refractivity contribution in [1.82, 2.24) is 10.2 Å². The highest BCUT2D eigenvalue weighted by atomic mass is 16.5. The normalized spacial score (nSPS) is 22.1. The molecule has 4 nitrogen and oxygen atoms in total. The lowest BCUT2D eigenvalue weighted by Crippen LogP contribution is -2.63. The van der Waals surface area contributed by atoms with Gasteiger partial charge in [0.1, 0.15) is 5.54 Å². The van der Waals surface area contributed by atoms with Crippen molar-refractivity contribution in [3.8, 4) is 0 Å². The zero-order valence-electron chi connectivity index (χ0n) is 13.4. The highest BCUT2D eigenvalue weighted by Gasteiger charge is 2.53. The van der Waals surface area contributed by atoms with Crippen molar-refractivity contribution >= 4 is 5.97 Å². The van der Waals surface area contributed by atoms with Crippen LogP contribution in [0.4, 0.5) is 0 Å². The molecule has 0 aromatic rings. The molecule has 0 aromatic heterocycles. The van der Waals surface area contributed by atoms with Gasteiger partial charge < -0.3 is 4.74 Å². The van der Waals surface area contributed by atoms with E-state index in [2.05, 4.69) is 31.0 Å². The van der Waals surface area contributed by atoms with Crippen molar-refractivity contribution in [2.45, 2.75) is 70.5 Å². The molecule has 0 radical (unpaired) electrons. The Labute approximate surface area is 123 Å². The van der Waals surface area contributed by atoms with Crippen molar-refractivity contribution in [1.29, 1.82) is 0 Å². The van der Waals surface area contributed by atoms with E-state index in [0.717, 1.165) is 32.4 Å². The molecule has 2 fully saturated rings. The van der Waals surface area contributed by atoms with Gasteiger partial charge in [-0.2, -0.15) is 0 Å². The van der Waals surface area contributed by atoms with E-state index in [0.29, 0.717) is 12.0 Å². The number of nitrogens with one attached hydrogen (secondary N) is 1. The SMILES string of the molecule is CCCN(CC(NC(C)C)(C(=O)OC)C1CC1)C1CC1. The van der Waals surface area contributed by atoms with Crippen molar-refractivity contribution in [3.63, 3.8) is 0 Å². The lowest BCUT2D eigenvalue weighted by atomic mass is 9.91. The molecule has 20 heavy (non-hydrogen) atoms. The third kappa shape index (κ3) is 3.53. The van der Waals surface area contributed by atoms with E-state index in [1.54, 1.807) is 0 Å². The van der Waals surface area contributed by atoms with Crippen LogP contribution in [0.15, 0.2) is 0 Å². The number of carbonyl (C=O) groups excluding carboxylic acids is 1. The van der Waals surface area contributed by atoms with Gasteiger partial charge in [0, 0.05) is 18.6 Å². The number of nitrogens with zero attached hydrogens (tertiary/aromatic N) is 1. The van der Waals surface area contributed by atoms with Gasteiger partial charge in [0.25, 0.3) is 0 Å². The molecule has 0 aromatic carbocycles. The van der Waals surface area contributed by atoms with Crippen molar-refractivity contribution < 1.29 is 9.53 Å². The number of ether oxygens (including phenoxy) is 1. The van der Waals surface area contributed by atoms with Crippen LogP contribution in [-0.2, 0) is 9.53 Å². The minimum atomic E-state index is -0.499. The van der Waals surface area contributed by atoms with Gasteiger partial charge in [0.15, 0.2) is 0 Å². The first-order valence-corrected chi connectivity index (χ1v) is 8.13. The van der Waals surface area contributed by atoms with Gasteiger partial charge in [-0.3, -0.25) is 10.2 Å². The van der Waals surface area contributed by atoms with E-state index in [1.165, 1.54) is 20.0 Å². The molecule has 1 unspecified atom stereocenters. The second-order valence-corrected chi connectivity index (χ2v) is 6.74. The van der Waals surface area contributed by atoms with E-state index in [4.69, 9.17) is 4.74 Å². The predicted octanol–water partition coefficient (Wildman–Crippen LogP) is 2.18. The summed E-state index contributed by atoms with van der Waals surface area (Å²) < 4.78 is 5.17. The molecular formula is C16H30N2O2. The molecular weight excluding hydrogens is 252 g/mol. The number of carbonyl (C=O) groups is 1. The maximum atomic E-state index is 12.5. The third-order valence-electron chi connectivity index (χ3n) is 4.40. The molecule has 116 valence electrons. The fraction of sp³-hybridized carbons (Fsp3) is 0.938.